The van der Waals surface area contributed by atoms with Crippen LogP contribution in [-0.4, -0.2) is 25.7 Å². The van der Waals surface area contributed by atoms with Gasteiger partial charge in [-0.2, -0.15) is 5.26 Å². The van der Waals surface area contributed by atoms with Gasteiger partial charge in [0.2, 0.25) is 0 Å². The maximum atomic E-state index is 8.90. The van der Waals surface area contributed by atoms with Gasteiger partial charge in [0.15, 0.2) is 0 Å². The molecule has 2 rings (SSSR count). The van der Waals surface area contributed by atoms with Crippen molar-refractivity contribution in [2.45, 2.75) is 25.3 Å². The van der Waals surface area contributed by atoms with Crippen LogP contribution in [0.1, 0.15) is 25.3 Å². The lowest BCUT2D eigenvalue weighted by atomic mass is 9.89. The number of nitrogens with one attached hydrogen (secondary N) is 1. The molecule has 3 nitrogen and oxygen atoms in total. The van der Waals surface area contributed by atoms with Crippen molar-refractivity contribution in [3.05, 3.63) is 29.8 Å². The lowest BCUT2D eigenvalue weighted by Gasteiger charge is -2.40. The lowest BCUT2D eigenvalue weighted by Crippen LogP contribution is -2.50. The van der Waals surface area contributed by atoms with Crippen LogP contribution in [0.3, 0.4) is 0 Å². The molecule has 17 heavy (non-hydrogen) atoms. The lowest BCUT2D eigenvalue weighted by molar-refractivity contribution is 0.305. The maximum absolute atomic E-state index is 8.90. The van der Waals surface area contributed by atoms with Crippen LogP contribution in [0, 0.1) is 11.3 Å². The summed E-state index contributed by atoms with van der Waals surface area (Å²) >= 11 is 0. The first-order valence-electron chi connectivity index (χ1n) is 6.11. The van der Waals surface area contributed by atoms with E-state index in [1.165, 1.54) is 5.69 Å². The maximum Gasteiger partial charge on any atom is 0.0992 e. The molecular weight excluding hydrogens is 210 g/mol. The molecule has 3 heteroatoms. The zero-order valence-electron chi connectivity index (χ0n) is 10.5. The van der Waals surface area contributed by atoms with Crippen LogP contribution in [0.5, 0.6) is 0 Å². The van der Waals surface area contributed by atoms with E-state index in [2.05, 4.69) is 29.3 Å². The van der Waals surface area contributed by atoms with Crippen LogP contribution in [0.25, 0.3) is 0 Å². The van der Waals surface area contributed by atoms with Gasteiger partial charge in [0.25, 0.3) is 0 Å². The second-order valence-electron chi connectivity index (χ2n) is 4.96. The normalized spacial score (nSPS) is 18.8. The van der Waals surface area contributed by atoms with Crippen molar-refractivity contribution >= 4 is 5.69 Å². The summed E-state index contributed by atoms with van der Waals surface area (Å²) in [7, 11) is 2.03. The summed E-state index contributed by atoms with van der Waals surface area (Å²) in [4.78, 5) is 2.36. The van der Waals surface area contributed by atoms with Crippen LogP contribution >= 0.6 is 0 Å². The van der Waals surface area contributed by atoms with Crippen molar-refractivity contribution in [3.63, 3.8) is 0 Å². The molecule has 1 aliphatic rings. The van der Waals surface area contributed by atoms with E-state index in [-0.39, 0.29) is 5.54 Å². The molecule has 0 bridgehead atoms. The monoisotopic (exact) mass is 229 g/mol. The van der Waals surface area contributed by atoms with Gasteiger partial charge in [-0.05, 0) is 45.0 Å². The average Bonchev–Trinajstić information content (AvgIpc) is 2.40. The molecule has 0 spiro atoms. The van der Waals surface area contributed by atoms with Crippen molar-refractivity contribution in [3.8, 4) is 6.07 Å². The zero-order chi connectivity index (χ0) is 12.3. The van der Waals surface area contributed by atoms with Crippen molar-refractivity contribution in [1.29, 1.82) is 5.26 Å². The van der Waals surface area contributed by atoms with Gasteiger partial charge in [-0.15, -0.1) is 0 Å². The number of anilines is 1. The molecule has 0 aromatic heterocycles. The van der Waals surface area contributed by atoms with E-state index in [9.17, 15) is 0 Å². The molecule has 0 aliphatic carbocycles. The minimum absolute atomic E-state index is 0.267. The molecule has 1 saturated heterocycles. The number of hydrogen-bond donors (Lipinski definition) is 1. The zero-order valence-corrected chi connectivity index (χ0v) is 10.5. The van der Waals surface area contributed by atoms with Gasteiger partial charge in [-0.1, -0.05) is 6.07 Å². The molecular formula is C14H19N3. The second kappa shape index (κ2) is 4.77. The number of benzene rings is 1. The summed E-state index contributed by atoms with van der Waals surface area (Å²) in [5.41, 5.74) is 2.18. The first-order chi connectivity index (χ1) is 8.17. The molecule has 1 aromatic carbocycles. The fourth-order valence-electron chi connectivity index (χ4n) is 2.28. The standard InChI is InChI=1S/C14H19N3/c1-14(16-2)6-8-17(9-7-14)13-5-3-4-12(10-13)11-15/h3-5,10,16H,6-9H2,1-2H3. The largest absolute Gasteiger partial charge is 0.371 e. The fraction of sp³-hybridized carbons (Fsp3) is 0.500. The topological polar surface area (TPSA) is 39.1 Å². The van der Waals surface area contributed by atoms with E-state index >= 15 is 0 Å². The molecule has 0 atom stereocenters. The Morgan fingerprint density at radius 1 is 1.35 bits per heavy atom. The van der Waals surface area contributed by atoms with Crippen molar-refractivity contribution in [2.75, 3.05) is 25.0 Å². The van der Waals surface area contributed by atoms with E-state index in [4.69, 9.17) is 5.26 Å². The number of hydrogen-bond acceptors (Lipinski definition) is 3. The van der Waals surface area contributed by atoms with E-state index in [0.717, 1.165) is 31.5 Å². The second-order valence-corrected chi connectivity index (χ2v) is 4.96. The quantitative estimate of drug-likeness (QED) is 0.844. The molecule has 1 fully saturated rings. The van der Waals surface area contributed by atoms with Crippen LogP contribution in [0.4, 0.5) is 5.69 Å². The van der Waals surface area contributed by atoms with E-state index in [0.29, 0.717) is 0 Å². The molecule has 0 saturated carbocycles. The Morgan fingerprint density at radius 2 is 2.06 bits per heavy atom. The van der Waals surface area contributed by atoms with Gasteiger partial charge < -0.3 is 10.2 Å². The summed E-state index contributed by atoms with van der Waals surface area (Å²) in [5, 5.41) is 12.3. The van der Waals surface area contributed by atoms with Crippen molar-refractivity contribution in [1.82, 2.24) is 5.32 Å². The average molecular weight is 229 g/mol. The summed E-state index contributed by atoms with van der Waals surface area (Å²) in [5.74, 6) is 0. The molecule has 1 N–H and O–H groups in total. The summed E-state index contributed by atoms with van der Waals surface area (Å²) in [6.07, 6.45) is 2.28. The molecule has 1 heterocycles. The third kappa shape index (κ3) is 2.59. The minimum atomic E-state index is 0.267. The van der Waals surface area contributed by atoms with Gasteiger partial charge in [-0.3, -0.25) is 0 Å². The van der Waals surface area contributed by atoms with Gasteiger partial charge >= 0.3 is 0 Å². The predicted molar refractivity (Wildman–Crippen MR) is 70.1 cm³/mol. The summed E-state index contributed by atoms with van der Waals surface area (Å²) < 4.78 is 0. The van der Waals surface area contributed by atoms with Crippen LogP contribution < -0.4 is 10.2 Å². The molecule has 0 amide bonds. The first-order valence-corrected chi connectivity index (χ1v) is 6.11. The predicted octanol–water partition coefficient (Wildman–Crippen LogP) is 2.14. The van der Waals surface area contributed by atoms with Crippen LogP contribution in [0.2, 0.25) is 0 Å². The number of nitriles is 1. The third-order valence-corrected chi connectivity index (χ3v) is 3.81. The molecule has 0 radical (unpaired) electrons. The van der Waals surface area contributed by atoms with Crippen LogP contribution in [-0.2, 0) is 0 Å². The van der Waals surface area contributed by atoms with Crippen molar-refractivity contribution < 1.29 is 0 Å². The third-order valence-electron chi connectivity index (χ3n) is 3.81. The smallest absolute Gasteiger partial charge is 0.0992 e. The fourth-order valence-corrected chi connectivity index (χ4v) is 2.28. The Balaban J connectivity index is 2.08. The Labute approximate surface area is 103 Å². The Kier molecular flexibility index (Phi) is 3.35. The highest BCUT2D eigenvalue weighted by Gasteiger charge is 2.28. The summed E-state index contributed by atoms with van der Waals surface area (Å²) in [6.45, 7) is 4.37. The molecule has 1 aromatic rings. The number of nitrogens with zero attached hydrogens (tertiary/aromatic N) is 2. The SMILES string of the molecule is CNC1(C)CCN(c2cccc(C#N)c2)CC1. The van der Waals surface area contributed by atoms with Gasteiger partial charge in [0.1, 0.15) is 0 Å². The molecule has 90 valence electrons. The Hall–Kier alpha value is -1.53. The van der Waals surface area contributed by atoms with Gasteiger partial charge in [0.05, 0.1) is 11.6 Å². The summed E-state index contributed by atoms with van der Waals surface area (Å²) in [6, 6.07) is 10.1. The highest BCUT2D eigenvalue weighted by atomic mass is 15.2. The van der Waals surface area contributed by atoms with E-state index < -0.39 is 0 Å². The minimum Gasteiger partial charge on any atom is -0.371 e. The van der Waals surface area contributed by atoms with Crippen LogP contribution in [0.15, 0.2) is 24.3 Å². The molecule has 0 unspecified atom stereocenters. The highest BCUT2D eigenvalue weighted by Crippen LogP contribution is 2.26. The van der Waals surface area contributed by atoms with E-state index in [1.54, 1.807) is 0 Å². The van der Waals surface area contributed by atoms with Crippen molar-refractivity contribution in [2.24, 2.45) is 0 Å². The first kappa shape index (κ1) is 11.9. The molecule has 1 aliphatic heterocycles. The Morgan fingerprint density at radius 3 is 2.65 bits per heavy atom. The highest BCUT2D eigenvalue weighted by molar-refractivity contribution is 5.51. The van der Waals surface area contributed by atoms with Gasteiger partial charge in [0, 0.05) is 24.3 Å². The Bertz CT molecular complexity index is 425. The van der Waals surface area contributed by atoms with Gasteiger partial charge in [-0.25, -0.2) is 0 Å². The number of rotatable bonds is 2. The number of piperidine rings is 1. The van der Waals surface area contributed by atoms with E-state index in [1.807, 2.05) is 25.2 Å².